The van der Waals surface area contributed by atoms with Gasteiger partial charge in [-0.2, -0.15) is 6.20 Å². The molecule has 0 spiro atoms. The molecule has 0 fully saturated rings. The Balaban J connectivity index is 0.00000121. The normalized spacial score (nSPS) is 10.6. The van der Waals surface area contributed by atoms with Gasteiger partial charge in [0.2, 0.25) is 0 Å². The Labute approximate surface area is 86.1 Å². The van der Waals surface area contributed by atoms with Gasteiger partial charge in [0, 0.05) is 20.4 Å². The molecule has 67 valence electrons. The van der Waals surface area contributed by atoms with Crippen molar-refractivity contribution in [3.8, 4) is 0 Å². The van der Waals surface area contributed by atoms with Crippen LogP contribution in [0.2, 0.25) is 0 Å². The molecule has 1 rings (SSSR count). The quantitative estimate of drug-likeness (QED) is 0.715. The molecule has 0 saturated carbocycles. The van der Waals surface area contributed by atoms with E-state index in [1.807, 2.05) is 6.07 Å². The summed E-state index contributed by atoms with van der Waals surface area (Å²) in [6.45, 7) is 6.21. The summed E-state index contributed by atoms with van der Waals surface area (Å²) in [6, 6.07) is 3.46. The first-order valence-electron chi connectivity index (χ1n) is 3.64. The van der Waals surface area contributed by atoms with Gasteiger partial charge in [-0.3, -0.25) is 0 Å². The van der Waals surface area contributed by atoms with Crippen molar-refractivity contribution in [2.24, 2.45) is 0 Å². The maximum Gasteiger partial charge on any atom is 0.0778 e. The number of pyridine rings is 1. The van der Waals surface area contributed by atoms with Gasteiger partial charge in [0.25, 0.3) is 0 Å². The molecule has 0 aliphatic carbocycles. The molecule has 1 radical (unpaired) electrons. The standard InChI is InChI=1S/C9H13NO.Re/c1-9(2,3)7-4-5-10-8(11)6-7;/h4-6H,1-3H3,(H,10,11);/p-1. The Morgan fingerprint density at radius 2 is 1.92 bits per heavy atom. The summed E-state index contributed by atoms with van der Waals surface area (Å²) in [6.07, 6.45) is 1.56. The molecule has 0 atom stereocenters. The zero-order chi connectivity index (χ0) is 8.48. The SMILES string of the molecule is CC(C)(C)c1cc[n-]c(=O)c1.[Re]. The van der Waals surface area contributed by atoms with E-state index in [1.165, 1.54) is 0 Å². The second kappa shape index (κ2) is 4.02. The average Bonchev–Trinajstić information content (AvgIpc) is 1.86. The molecule has 2 nitrogen and oxygen atoms in total. The summed E-state index contributed by atoms with van der Waals surface area (Å²) in [4.78, 5) is 14.4. The van der Waals surface area contributed by atoms with Crippen molar-refractivity contribution in [3.63, 3.8) is 0 Å². The van der Waals surface area contributed by atoms with Crippen LogP contribution in [0.1, 0.15) is 26.3 Å². The zero-order valence-corrected chi connectivity index (χ0v) is 10.2. The van der Waals surface area contributed by atoms with Crippen molar-refractivity contribution < 1.29 is 20.4 Å². The van der Waals surface area contributed by atoms with E-state index in [2.05, 4.69) is 25.8 Å². The molecule has 1 aromatic rings. The van der Waals surface area contributed by atoms with E-state index in [0.717, 1.165) is 5.56 Å². The van der Waals surface area contributed by atoms with Gasteiger partial charge in [-0.1, -0.05) is 26.8 Å². The first-order chi connectivity index (χ1) is 5.00. The fourth-order valence-electron chi connectivity index (χ4n) is 0.876. The number of aromatic nitrogens is 1. The second-order valence-electron chi connectivity index (χ2n) is 3.63. The third kappa shape index (κ3) is 2.93. The minimum absolute atomic E-state index is 0. The van der Waals surface area contributed by atoms with E-state index in [-0.39, 0.29) is 31.4 Å². The third-order valence-corrected chi connectivity index (χ3v) is 1.60. The monoisotopic (exact) mass is 337 g/mol. The third-order valence-electron chi connectivity index (χ3n) is 1.60. The minimum atomic E-state index is -0.155. The van der Waals surface area contributed by atoms with Crippen LogP contribution < -0.4 is 10.5 Å². The van der Waals surface area contributed by atoms with Gasteiger partial charge in [-0.25, -0.2) is 0 Å². The number of hydrogen-bond acceptors (Lipinski definition) is 1. The van der Waals surface area contributed by atoms with Crippen molar-refractivity contribution in [2.75, 3.05) is 0 Å². The molecule has 1 heterocycles. The van der Waals surface area contributed by atoms with Crippen molar-refractivity contribution in [1.29, 1.82) is 0 Å². The molecule has 0 bridgehead atoms. The van der Waals surface area contributed by atoms with Crippen LogP contribution >= 0.6 is 0 Å². The Hall–Kier alpha value is -0.388. The summed E-state index contributed by atoms with van der Waals surface area (Å²) < 4.78 is 0. The van der Waals surface area contributed by atoms with Gasteiger partial charge in [0.1, 0.15) is 0 Å². The van der Waals surface area contributed by atoms with Crippen LogP contribution in [0.15, 0.2) is 23.1 Å². The van der Waals surface area contributed by atoms with Crippen molar-refractivity contribution in [3.05, 3.63) is 34.2 Å². The van der Waals surface area contributed by atoms with Gasteiger partial charge in [0.05, 0.1) is 5.56 Å². The molecule has 0 saturated heterocycles. The molecule has 12 heavy (non-hydrogen) atoms. The molecular formula is C9H12NORe-. The maximum absolute atomic E-state index is 10.8. The minimum Gasteiger partial charge on any atom is -0.629 e. The van der Waals surface area contributed by atoms with Crippen LogP contribution in [-0.4, -0.2) is 0 Å². The predicted molar refractivity (Wildman–Crippen MR) is 44.7 cm³/mol. The summed E-state index contributed by atoms with van der Waals surface area (Å²) in [5.41, 5.74) is 0.928. The topological polar surface area (TPSA) is 31.2 Å². The van der Waals surface area contributed by atoms with Crippen LogP contribution in [-0.2, 0) is 25.8 Å². The molecule has 0 N–H and O–H groups in total. The Kier molecular flexibility index (Phi) is 3.89. The molecule has 0 aliphatic heterocycles. The fraction of sp³-hybridized carbons (Fsp3) is 0.444. The Bertz CT molecular complexity index is 298. The van der Waals surface area contributed by atoms with Crippen LogP contribution in [0.4, 0.5) is 0 Å². The molecule has 0 unspecified atom stereocenters. The van der Waals surface area contributed by atoms with Gasteiger partial charge in [0.15, 0.2) is 0 Å². The summed E-state index contributed by atoms with van der Waals surface area (Å²) in [5.74, 6) is 0. The molecule has 0 amide bonds. The van der Waals surface area contributed by atoms with Crippen molar-refractivity contribution in [1.82, 2.24) is 4.98 Å². The van der Waals surface area contributed by atoms with Crippen molar-refractivity contribution in [2.45, 2.75) is 26.2 Å². The van der Waals surface area contributed by atoms with E-state index in [9.17, 15) is 4.79 Å². The Morgan fingerprint density at radius 1 is 1.33 bits per heavy atom. The van der Waals surface area contributed by atoms with E-state index < -0.39 is 0 Å². The average molecular weight is 336 g/mol. The molecule has 0 aliphatic rings. The predicted octanol–water partition coefficient (Wildman–Crippen LogP) is 1.30. The van der Waals surface area contributed by atoms with Gasteiger partial charge in [-0.05, 0) is 17.0 Å². The molecule has 3 heteroatoms. The van der Waals surface area contributed by atoms with Crippen LogP contribution in [0.3, 0.4) is 0 Å². The van der Waals surface area contributed by atoms with E-state index >= 15 is 0 Å². The van der Waals surface area contributed by atoms with Gasteiger partial charge >= 0.3 is 0 Å². The number of nitrogens with zero attached hydrogens (tertiary/aromatic N) is 1. The molecular weight excluding hydrogens is 324 g/mol. The molecule has 0 aromatic carbocycles. The van der Waals surface area contributed by atoms with E-state index in [0.29, 0.717) is 0 Å². The van der Waals surface area contributed by atoms with Gasteiger partial charge in [-0.15, -0.1) is 0 Å². The molecule has 1 aromatic heterocycles. The van der Waals surface area contributed by atoms with E-state index in [1.54, 1.807) is 12.3 Å². The smallest absolute Gasteiger partial charge is 0.0778 e. The van der Waals surface area contributed by atoms with Crippen LogP contribution in [0.25, 0.3) is 0 Å². The first kappa shape index (κ1) is 11.6. The summed E-state index contributed by atoms with van der Waals surface area (Å²) in [7, 11) is 0. The largest absolute Gasteiger partial charge is 0.629 e. The van der Waals surface area contributed by atoms with E-state index in [4.69, 9.17) is 0 Å². The maximum atomic E-state index is 10.8. The van der Waals surface area contributed by atoms with Crippen LogP contribution in [0.5, 0.6) is 0 Å². The van der Waals surface area contributed by atoms with Crippen LogP contribution in [0, 0.1) is 0 Å². The summed E-state index contributed by atoms with van der Waals surface area (Å²) in [5, 5.41) is 0. The summed E-state index contributed by atoms with van der Waals surface area (Å²) >= 11 is 0. The first-order valence-corrected chi connectivity index (χ1v) is 3.64. The number of rotatable bonds is 0. The van der Waals surface area contributed by atoms with Gasteiger partial charge < -0.3 is 9.78 Å². The fourth-order valence-corrected chi connectivity index (χ4v) is 0.876. The number of hydrogen-bond donors (Lipinski definition) is 0. The second-order valence-corrected chi connectivity index (χ2v) is 3.63. The zero-order valence-electron chi connectivity index (χ0n) is 7.47. The van der Waals surface area contributed by atoms with Crippen molar-refractivity contribution >= 4 is 0 Å². The Morgan fingerprint density at radius 3 is 2.25 bits per heavy atom.